The fraction of sp³-hybridized carbons (Fsp3) is 0.381. The van der Waals surface area contributed by atoms with Crippen molar-refractivity contribution in [1.29, 1.82) is 0 Å². The third-order valence-corrected chi connectivity index (χ3v) is 5.41. The third-order valence-electron chi connectivity index (χ3n) is 5.41. The number of esters is 1. The van der Waals surface area contributed by atoms with Gasteiger partial charge in [-0.2, -0.15) is 0 Å². The largest absolute Gasteiger partial charge is 0.491 e. The Kier molecular flexibility index (Phi) is 5.62. The van der Waals surface area contributed by atoms with E-state index in [9.17, 15) is 18.4 Å². The molecule has 0 aliphatic carbocycles. The first-order valence-electron chi connectivity index (χ1n) is 9.86. The van der Waals surface area contributed by atoms with E-state index in [1.807, 2.05) is 11.8 Å². The van der Waals surface area contributed by atoms with Crippen LogP contribution in [0.2, 0.25) is 0 Å². The minimum absolute atomic E-state index is 0.0485. The quantitative estimate of drug-likeness (QED) is 0.724. The Bertz CT molecular complexity index is 1010. The molecule has 2 aromatic rings. The summed E-state index contributed by atoms with van der Waals surface area (Å²) in [6.07, 6.45) is 1.71. The summed E-state index contributed by atoms with van der Waals surface area (Å²) >= 11 is 0. The van der Waals surface area contributed by atoms with Crippen LogP contribution in [0.4, 0.5) is 20.2 Å². The van der Waals surface area contributed by atoms with Crippen molar-refractivity contribution in [3.8, 4) is 11.5 Å². The standard InChI is InChI=1S/C21H22F2N4O4/c1-12-11-26(3-4-27(12)14-6-15(22)21(30-2)16(23)7-14)19(28)10-24-13-5-18-17(25-9-13)8-20(29)31-18/h5-7,9,12,24H,3-4,8,10-11H2,1-2H3/t12-/m1/s1. The van der Waals surface area contributed by atoms with Gasteiger partial charge in [0, 0.05) is 49.6 Å². The maximum atomic E-state index is 14.1. The van der Waals surface area contributed by atoms with Crippen LogP contribution in [0.15, 0.2) is 24.4 Å². The number of pyridine rings is 1. The SMILES string of the molecule is COc1c(F)cc(N2CCN(C(=O)CNc3cnc4c(c3)OC(=O)C4)C[C@H]2C)cc1F. The number of aromatic nitrogens is 1. The number of nitrogens with zero attached hydrogens (tertiary/aromatic N) is 3. The Balaban J connectivity index is 1.35. The van der Waals surface area contributed by atoms with Gasteiger partial charge in [0.2, 0.25) is 5.91 Å². The van der Waals surface area contributed by atoms with Crippen molar-refractivity contribution in [3.05, 3.63) is 41.7 Å². The lowest BCUT2D eigenvalue weighted by Crippen LogP contribution is -2.54. The maximum absolute atomic E-state index is 14.1. The van der Waals surface area contributed by atoms with Crippen LogP contribution < -0.4 is 19.7 Å². The van der Waals surface area contributed by atoms with E-state index in [1.165, 1.54) is 19.2 Å². The molecule has 1 amide bonds. The zero-order valence-electron chi connectivity index (χ0n) is 17.2. The Morgan fingerprint density at radius 3 is 2.71 bits per heavy atom. The first-order chi connectivity index (χ1) is 14.9. The number of halogens is 2. The van der Waals surface area contributed by atoms with E-state index in [4.69, 9.17) is 9.47 Å². The van der Waals surface area contributed by atoms with Crippen LogP contribution >= 0.6 is 0 Å². The summed E-state index contributed by atoms with van der Waals surface area (Å²) in [7, 11) is 1.22. The predicted molar refractivity (Wildman–Crippen MR) is 108 cm³/mol. The predicted octanol–water partition coefficient (Wildman–Crippen LogP) is 1.98. The molecule has 31 heavy (non-hydrogen) atoms. The van der Waals surface area contributed by atoms with Crippen molar-refractivity contribution < 1.29 is 27.8 Å². The number of methoxy groups -OCH3 is 1. The molecule has 1 fully saturated rings. The molecule has 0 bridgehead atoms. The number of carbonyl (C=O) groups excluding carboxylic acids is 2. The van der Waals surface area contributed by atoms with Crippen molar-refractivity contribution in [1.82, 2.24) is 9.88 Å². The second-order valence-corrected chi connectivity index (χ2v) is 7.50. The molecule has 2 aliphatic heterocycles. The van der Waals surface area contributed by atoms with Crippen LogP contribution in [0.3, 0.4) is 0 Å². The second kappa shape index (κ2) is 8.37. The zero-order chi connectivity index (χ0) is 22.1. The number of fused-ring (bicyclic) bond motifs is 1. The molecular formula is C21H22F2N4O4. The van der Waals surface area contributed by atoms with Crippen molar-refractivity contribution >= 4 is 23.3 Å². The Morgan fingerprint density at radius 1 is 1.29 bits per heavy atom. The van der Waals surface area contributed by atoms with Gasteiger partial charge >= 0.3 is 5.97 Å². The third kappa shape index (κ3) is 4.23. The number of hydrogen-bond acceptors (Lipinski definition) is 7. The number of hydrogen-bond donors (Lipinski definition) is 1. The Labute approximate surface area is 177 Å². The van der Waals surface area contributed by atoms with E-state index in [2.05, 4.69) is 10.3 Å². The molecule has 10 heteroatoms. The number of amides is 1. The van der Waals surface area contributed by atoms with Gasteiger partial charge in [-0.05, 0) is 6.92 Å². The fourth-order valence-electron chi connectivity index (χ4n) is 3.85. The van der Waals surface area contributed by atoms with E-state index in [-0.39, 0.29) is 30.9 Å². The van der Waals surface area contributed by atoms with Gasteiger partial charge in [-0.1, -0.05) is 0 Å². The fourth-order valence-corrected chi connectivity index (χ4v) is 3.85. The molecule has 1 aromatic heterocycles. The zero-order valence-corrected chi connectivity index (χ0v) is 17.2. The van der Waals surface area contributed by atoms with Crippen LogP contribution in [0, 0.1) is 11.6 Å². The molecule has 0 saturated carbocycles. The van der Waals surface area contributed by atoms with Gasteiger partial charge in [0.05, 0.1) is 37.7 Å². The molecule has 2 aliphatic rings. The molecule has 8 nitrogen and oxygen atoms in total. The number of ether oxygens (including phenoxy) is 2. The highest BCUT2D eigenvalue weighted by Crippen LogP contribution is 2.30. The first kappa shape index (κ1) is 20.8. The lowest BCUT2D eigenvalue weighted by atomic mass is 10.1. The summed E-state index contributed by atoms with van der Waals surface area (Å²) in [5.74, 6) is -1.99. The van der Waals surface area contributed by atoms with Crippen LogP contribution in [0.5, 0.6) is 11.5 Å². The normalized spacial score (nSPS) is 17.9. The van der Waals surface area contributed by atoms with Crippen molar-refractivity contribution in [2.45, 2.75) is 19.4 Å². The highest BCUT2D eigenvalue weighted by Gasteiger charge is 2.28. The Morgan fingerprint density at radius 2 is 2.03 bits per heavy atom. The molecule has 0 spiro atoms. The summed E-state index contributed by atoms with van der Waals surface area (Å²) in [5, 5.41) is 3.00. The van der Waals surface area contributed by atoms with Gasteiger partial charge in [0.25, 0.3) is 0 Å². The number of rotatable bonds is 5. The summed E-state index contributed by atoms with van der Waals surface area (Å²) in [5.41, 5.74) is 1.57. The molecule has 0 unspecified atom stereocenters. The second-order valence-electron chi connectivity index (χ2n) is 7.50. The average Bonchev–Trinajstić information content (AvgIpc) is 3.10. The number of nitrogens with one attached hydrogen (secondary N) is 1. The lowest BCUT2D eigenvalue weighted by molar-refractivity contribution is -0.132. The van der Waals surface area contributed by atoms with Crippen LogP contribution in [-0.2, 0) is 16.0 Å². The summed E-state index contributed by atoms with van der Waals surface area (Å²) in [4.78, 5) is 31.7. The van der Waals surface area contributed by atoms with Crippen molar-refractivity contribution in [3.63, 3.8) is 0 Å². The molecule has 164 valence electrons. The van der Waals surface area contributed by atoms with E-state index in [0.717, 1.165) is 0 Å². The summed E-state index contributed by atoms with van der Waals surface area (Å²) in [6.45, 7) is 3.21. The molecule has 1 saturated heterocycles. The van der Waals surface area contributed by atoms with E-state index < -0.39 is 17.4 Å². The molecule has 0 radical (unpaired) electrons. The van der Waals surface area contributed by atoms with E-state index in [0.29, 0.717) is 42.5 Å². The molecule has 4 rings (SSSR count). The number of carbonyl (C=O) groups is 2. The minimum Gasteiger partial charge on any atom is -0.491 e. The van der Waals surface area contributed by atoms with E-state index in [1.54, 1.807) is 17.2 Å². The minimum atomic E-state index is -0.763. The summed E-state index contributed by atoms with van der Waals surface area (Å²) < 4.78 is 37.9. The molecular weight excluding hydrogens is 410 g/mol. The van der Waals surface area contributed by atoms with Gasteiger partial charge < -0.3 is 24.6 Å². The maximum Gasteiger partial charge on any atom is 0.317 e. The van der Waals surface area contributed by atoms with Crippen LogP contribution in [0.1, 0.15) is 12.6 Å². The van der Waals surface area contributed by atoms with Gasteiger partial charge in [0.1, 0.15) is 0 Å². The van der Waals surface area contributed by atoms with Crippen LogP contribution in [-0.4, -0.2) is 61.1 Å². The first-order valence-corrected chi connectivity index (χ1v) is 9.86. The highest BCUT2D eigenvalue weighted by molar-refractivity contribution is 5.82. The van der Waals surface area contributed by atoms with Crippen LogP contribution in [0.25, 0.3) is 0 Å². The highest BCUT2D eigenvalue weighted by atomic mass is 19.1. The molecule has 1 N–H and O–H groups in total. The van der Waals surface area contributed by atoms with E-state index >= 15 is 0 Å². The van der Waals surface area contributed by atoms with Gasteiger partial charge in [-0.15, -0.1) is 0 Å². The topological polar surface area (TPSA) is 84.0 Å². The van der Waals surface area contributed by atoms with Crippen molar-refractivity contribution in [2.24, 2.45) is 0 Å². The molecule has 1 atom stereocenters. The van der Waals surface area contributed by atoms with Gasteiger partial charge in [-0.3, -0.25) is 14.6 Å². The summed E-state index contributed by atoms with van der Waals surface area (Å²) in [6, 6.07) is 4.00. The number of anilines is 2. The van der Waals surface area contributed by atoms with Gasteiger partial charge in [0.15, 0.2) is 23.1 Å². The Hall–Kier alpha value is -3.43. The van der Waals surface area contributed by atoms with Gasteiger partial charge in [-0.25, -0.2) is 8.78 Å². The molecule has 1 aromatic carbocycles. The smallest absolute Gasteiger partial charge is 0.317 e. The number of benzene rings is 1. The average molecular weight is 432 g/mol. The molecule has 3 heterocycles. The monoisotopic (exact) mass is 432 g/mol. The lowest BCUT2D eigenvalue weighted by Gasteiger charge is -2.41. The number of piperazine rings is 1. The van der Waals surface area contributed by atoms with Crippen molar-refractivity contribution in [2.75, 3.05) is 43.5 Å².